The maximum atomic E-state index is 13.2. The minimum Gasteiger partial charge on any atom is -0.503 e. The minimum absolute atomic E-state index is 0.202. The lowest BCUT2D eigenvalue weighted by atomic mass is 9.93. The molecule has 1 unspecified atom stereocenters. The third-order valence-electron chi connectivity index (χ3n) is 5.32. The number of nitrogens with zero attached hydrogens (tertiary/aromatic N) is 1. The van der Waals surface area contributed by atoms with Crippen LogP contribution in [0.15, 0.2) is 83.0 Å². The van der Waals surface area contributed by atoms with Gasteiger partial charge in [-0.15, -0.1) is 0 Å². The van der Waals surface area contributed by atoms with Gasteiger partial charge in [0.2, 0.25) is 0 Å². The normalized spacial score (nSPS) is 16.3. The Bertz CT molecular complexity index is 1120. The maximum absolute atomic E-state index is 13.2. The molecule has 3 aromatic carbocycles. The van der Waals surface area contributed by atoms with Crippen molar-refractivity contribution >= 4 is 27.4 Å². The predicted molar refractivity (Wildman–Crippen MR) is 121 cm³/mol. The van der Waals surface area contributed by atoms with E-state index in [-0.39, 0.29) is 11.7 Å². The Labute approximate surface area is 184 Å². The lowest BCUT2D eigenvalue weighted by Gasteiger charge is -2.28. The molecule has 0 aromatic heterocycles. The van der Waals surface area contributed by atoms with Gasteiger partial charge in [0.05, 0.1) is 13.2 Å². The van der Waals surface area contributed by atoms with E-state index in [4.69, 9.17) is 4.74 Å². The van der Waals surface area contributed by atoms with Crippen molar-refractivity contribution in [3.63, 3.8) is 0 Å². The molecule has 0 aliphatic carbocycles. The van der Waals surface area contributed by atoms with Gasteiger partial charge in [0.15, 0.2) is 5.76 Å². The SMILES string of the molecule is COc1cccc(CN2C(=O)C(O)=C(c3ccc(C)cc3)C2c2cccc(Br)c2)c1. The van der Waals surface area contributed by atoms with Gasteiger partial charge in [-0.05, 0) is 47.9 Å². The van der Waals surface area contributed by atoms with E-state index in [1.165, 1.54) is 0 Å². The maximum Gasteiger partial charge on any atom is 0.290 e. The van der Waals surface area contributed by atoms with Crippen LogP contribution in [0, 0.1) is 6.92 Å². The van der Waals surface area contributed by atoms with Gasteiger partial charge in [-0.2, -0.15) is 0 Å². The molecular formula is C25H22BrNO3. The molecule has 4 rings (SSSR count). The monoisotopic (exact) mass is 463 g/mol. The van der Waals surface area contributed by atoms with Crippen LogP contribution >= 0.6 is 15.9 Å². The first-order valence-corrected chi connectivity index (χ1v) is 10.5. The van der Waals surface area contributed by atoms with Gasteiger partial charge in [0.1, 0.15) is 5.75 Å². The number of carbonyl (C=O) groups excluding carboxylic acids is 1. The number of rotatable bonds is 5. The molecule has 1 N–H and O–H groups in total. The molecule has 0 saturated carbocycles. The number of ether oxygens (including phenoxy) is 1. The highest BCUT2D eigenvalue weighted by Crippen LogP contribution is 2.44. The van der Waals surface area contributed by atoms with Crippen molar-refractivity contribution in [2.24, 2.45) is 0 Å². The van der Waals surface area contributed by atoms with Crippen LogP contribution in [0.4, 0.5) is 0 Å². The molecule has 152 valence electrons. The summed E-state index contributed by atoms with van der Waals surface area (Å²) in [7, 11) is 1.62. The zero-order valence-corrected chi connectivity index (χ0v) is 18.4. The molecule has 5 heteroatoms. The van der Waals surface area contributed by atoms with E-state index < -0.39 is 6.04 Å². The average molecular weight is 464 g/mol. The molecule has 1 aliphatic heterocycles. The van der Waals surface area contributed by atoms with Crippen LogP contribution in [0.2, 0.25) is 0 Å². The Kier molecular flexibility index (Phi) is 5.64. The van der Waals surface area contributed by atoms with Crippen molar-refractivity contribution < 1.29 is 14.6 Å². The standard InChI is InChI=1S/C25H22BrNO3/c1-16-9-11-18(12-10-16)22-23(19-6-4-7-20(26)14-19)27(25(29)24(22)28)15-17-5-3-8-21(13-17)30-2/h3-14,23,28H,15H2,1-2H3. The Morgan fingerprint density at radius 1 is 1.03 bits per heavy atom. The third kappa shape index (κ3) is 3.85. The molecule has 0 saturated heterocycles. The topological polar surface area (TPSA) is 49.8 Å². The number of hydrogen-bond donors (Lipinski definition) is 1. The molecule has 30 heavy (non-hydrogen) atoms. The van der Waals surface area contributed by atoms with Gasteiger partial charge in [-0.25, -0.2) is 0 Å². The van der Waals surface area contributed by atoms with Gasteiger partial charge in [0.25, 0.3) is 5.91 Å². The number of aliphatic hydroxyl groups is 1. The summed E-state index contributed by atoms with van der Waals surface area (Å²) in [6.45, 7) is 2.37. The van der Waals surface area contributed by atoms with Gasteiger partial charge in [-0.3, -0.25) is 4.79 Å². The third-order valence-corrected chi connectivity index (χ3v) is 5.81. The molecule has 1 heterocycles. The lowest BCUT2D eigenvalue weighted by molar-refractivity contribution is -0.130. The summed E-state index contributed by atoms with van der Waals surface area (Å²) in [6.07, 6.45) is 0. The van der Waals surface area contributed by atoms with Gasteiger partial charge >= 0.3 is 0 Å². The van der Waals surface area contributed by atoms with Crippen molar-refractivity contribution in [3.05, 3.63) is 105 Å². The van der Waals surface area contributed by atoms with E-state index in [0.717, 1.165) is 32.5 Å². The fourth-order valence-electron chi connectivity index (χ4n) is 3.84. The second kappa shape index (κ2) is 8.36. The Hall–Kier alpha value is -3.05. The number of aryl methyl sites for hydroxylation is 1. The molecule has 0 bridgehead atoms. The van der Waals surface area contributed by atoms with Crippen molar-refractivity contribution in [1.29, 1.82) is 0 Å². The number of benzene rings is 3. The fourth-order valence-corrected chi connectivity index (χ4v) is 4.25. The zero-order chi connectivity index (χ0) is 21.3. The molecule has 1 aliphatic rings. The van der Waals surface area contributed by atoms with Crippen molar-refractivity contribution in [1.82, 2.24) is 4.90 Å². The second-order valence-corrected chi connectivity index (χ2v) is 8.29. The zero-order valence-electron chi connectivity index (χ0n) is 16.8. The highest BCUT2D eigenvalue weighted by Gasteiger charge is 2.41. The lowest BCUT2D eigenvalue weighted by Crippen LogP contribution is -2.29. The van der Waals surface area contributed by atoms with Crippen LogP contribution < -0.4 is 4.74 Å². The average Bonchev–Trinajstić information content (AvgIpc) is 2.99. The summed E-state index contributed by atoms with van der Waals surface area (Å²) in [4.78, 5) is 14.9. The highest BCUT2D eigenvalue weighted by molar-refractivity contribution is 9.10. The number of methoxy groups -OCH3 is 1. The predicted octanol–water partition coefficient (Wildman–Crippen LogP) is 5.82. The largest absolute Gasteiger partial charge is 0.503 e. The molecule has 4 nitrogen and oxygen atoms in total. The van der Waals surface area contributed by atoms with E-state index in [9.17, 15) is 9.90 Å². The fraction of sp³-hybridized carbons (Fsp3) is 0.160. The number of hydrogen-bond acceptors (Lipinski definition) is 3. The summed E-state index contributed by atoms with van der Waals surface area (Å²) in [5.74, 6) is 0.152. The van der Waals surface area contributed by atoms with Crippen LogP contribution in [-0.2, 0) is 11.3 Å². The van der Waals surface area contributed by atoms with Gasteiger partial charge in [0, 0.05) is 16.6 Å². The van der Waals surface area contributed by atoms with Crippen LogP contribution in [0.5, 0.6) is 5.75 Å². The molecule has 0 fully saturated rings. The van der Waals surface area contributed by atoms with Crippen molar-refractivity contribution in [3.8, 4) is 5.75 Å². The van der Waals surface area contributed by atoms with Crippen LogP contribution in [0.25, 0.3) is 5.57 Å². The van der Waals surface area contributed by atoms with E-state index in [0.29, 0.717) is 12.1 Å². The summed E-state index contributed by atoms with van der Waals surface area (Å²) >= 11 is 3.53. The summed E-state index contributed by atoms with van der Waals surface area (Å²) in [6, 6.07) is 23.0. The first-order chi connectivity index (χ1) is 14.5. The van der Waals surface area contributed by atoms with Crippen LogP contribution in [0.1, 0.15) is 28.3 Å². The van der Waals surface area contributed by atoms with E-state index in [2.05, 4.69) is 15.9 Å². The van der Waals surface area contributed by atoms with E-state index in [1.54, 1.807) is 12.0 Å². The van der Waals surface area contributed by atoms with Crippen molar-refractivity contribution in [2.45, 2.75) is 19.5 Å². The summed E-state index contributed by atoms with van der Waals surface area (Å²) in [5, 5.41) is 10.9. The quantitative estimate of drug-likeness (QED) is 0.518. The molecular weight excluding hydrogens is 442 g/mol. The van der Waals surface area contributed by atoms with Gasteiger partial charge < -0.3 is 14.7 Å². The summed E-state index contributed by atoms with van der Waals surface area (Å²) in [5.41, 5.74) is 4.45. The van der Waals surface area contributed by atoms with Gasteiger partial charge in [-0.1, -0.05) is 70.0 Å². The minimum atomic E-state index is -0.399. The molecule has 3 aromatic rings. The number of halogens is 1. The van der Waals surface area contributed by atoms with Crippen LogP contribution in [0.3, 0.4) is 0 Å². The molecule has 0 radical (unpaired) electrons. The Balaban J connectivity index is 1.81. The summed E-state index contributed by atoms with van der Waals surface area (Å²) < 4.78 is 6.25. The number of aliphatic hydroxyl groups excluding tert-OH is 1. The molecule has 1 amide bonds. The smallest absolute Gasteiger partial charge is 0.290 e. The van der Waals surface area contributed by atoms with Crippen LogP contribution in [-0.4, -0.2) is 23.0 Å². The highest BCUT2D eigenvalue weighted by atomic mass is 79.9. The Morgan fingerprint density at radius 3 is 2.47 bits per heavy atom. The molecule has 1 atom stereocenters. The Morgan fingerprint density at radius 2 is 1.77 bits per heavy atom. The van der Waals surface area contributed by atoms with Crippen molar-refractivity contribution in [2.75, 3.05) is 7.11 Å². The van der Waals surface area contributed by atoms with E-state index >= 15 is 0 Å². The molecule has 0 spiro atoms. The first-order valence-electron chi connectivity index (χ1n) is 9.67. The second-order valence-electron chi connectivity index (χ2n) is 7.37. The number of amides is 1. The first kappa shape index (κ1) is 20.2. The number of carbonyl (C=O) groups is 1. The van der Waals surface area contributed by atoms with E-state index in [1.807, 2.05) is 79.7 Å².